The van der Waals surface area contributed by atoms with Gasteiger partial charge in [-0.15, -0.1) is 0 Å². The number of fused-ring (bicyclic) bond motifs is 1. The minimum Gasteiger partial charge on any atom is -0.326 e. The first-order valence-corrected chi connectivity index (χ1v) is 9.26. The molecule has 10 heteroatoms. The van der Waals surface area contributed by atoms with E-state index >= 15 is 0 Å². The molecule has 2 N–H and O–H groups in total. The van der Waals surface area contributed by atoms with Gasteiger partial charge in [-0.1, -0.05) is 18.2 Å². The van der Waals surface area contributed by atoms with Crippen LogP contribution in [-0.2, 0) is 15.8 Å². The van der Waals surface area contributed by atoms with Crippen molar-refractivity contribution < 1.29 is 27.2 Å². The Morgan fingerprint density at radius 1 is 1.19 bits per heavy atom. The zero-order valence-corrected chi connectivity index (χ0v) is 16.1. The van der Waals surface area contributed by atoms with Crippen molar-refractivity contribution in [2.45, 2.75) is 25.6 Å². The lowest BCUT2D eigenvalue weighted by atomic mass is 10.1. The summed E-state index contributed by atoms with van der Waals surface area (Å²) in [4.78, 5) is 24.9. The van der Waals surface area contributed by atoms with E-state index in [-0.39, 0.29) is 12.1 Å². The van der Waals surface area contributed by atoms with E-state index < -0.39 is 35.4 Å². The molecule has 31 heavy (non-hydrogen) atoms. The zero-order valence-electron chi connectivity index (χ0n) is 16.1. The van der Waals surface area contributed by atoms with Crippen LogP contribution < -0.4 is 10.6 Å². The van der Waals surface area contributed by atoms with Crippen molar-refractivity contribution in [1.29, 1.82) is 0 Å². The normalized spacial score (nSPS) is 15.5. The van der Waals surface area contributed by atoms with Gasteiger partial charge in [0.2, 0.25) is 5.91 Å². The molecule has 0 radical (unpaired) electrons. The van der Waals surface area contributed by atoms with Gasteiger partial charge in [0.05, 0.1) is 17.7 Å². The van der Waals surface area contributed by atoms with Gasteiger partial charge < -0.3 is 10.6 Å². The maximum atomic E-state index is 13.2. The van der Waals surface area contributed by atoms with Crippen LogP contribution in [-0.4, -0.2) is 21.6 Å². The number of aryl methyl sites for hydroxylation is 1. The van der Waals surface area contributed by atoms with E-state index in [4.69, 9.17) is 0 Å². The quantitative estimate of drug-likeness (QED) is 0.595. The fourth-order valence-electron chi connectivity index (χ4n) is 3.51. The number of alkyl halides is 3. The van der Waals surface area contributed by atoms with Crippen LogP contribution in [0.3, 0.4) is 0 Å². The highest BCUT2D eigenvalue weighted by molar-refractivity contribution is 6.04. The van der Waals surface area contributed by atoms with E-state index in [1.54, 1.807) is 19.1 Å². The molecule has 1 unspecified atom stereocenters. The number of nitrogens with zero attached hydrogens (tertiary/aromatic N) is 2. The van der Waals surface area contributed by atoms with Gasteiger partial charge in [0.15, 0.2) is 0 Å². The predicted molar refractivity (Wildman–Crippen MR) is 105 cm³/mol. The average Bonchev–Trinajstić information content (AvgIpc) is 3.16. The zero-order chi connectivity index (χ0) is 22.3. The third-order valence-electron chi connectivity index (χ3n) is 4.91. The molecule has 2 aromatic carbocycles. The number of halogens is 4. The van der Waals surface area contributed by atoms with Crippen LogP contribution in [0.4, 0.5) is 29.1 Å². The van der Waals surface area contributed by atoms with Crippen LogP contribution in [0.15, 0.2) is 48.5 Å². The summed E-state index contributed by atoms with van der Waals surface area (Å²) in [6, 6.07) is 8.96. The first-order chi connectivity index (χ1) is 14.6. The average molecular weight is 432 g/mol. The lowest BCUT2D eigenvalue weighted by molar-refractivity contribution is -0.137. The lowest BCUT2D eigenvalue weighted by Crippen LogP contribution is -2.24. The van der Waals surface area contributed by atoms with E-state index in [1.165, 1.54) is 28.9 Å². The number of anilines is 2. The standard InChI is InChI=1S/C21H16F4N4O2/c1-11-18(12-5-7-14(22)8-6-12)19-27-20(31)16(29(19)28-11)10-17(30)26-15-4-2-3-13(9-15)21(23,24)25/h2-9,16H,10H2,1H3,(H,26,30)(H,27,31). The fraction of sp³-hybridized carbons (Fsp3) is 0.190. The Morgan fingerprint density at radius 2 is 1.90 bits per heavy atom. The number of hydrogen-bond donors (Lipinski definition) is 2. The molecule has 160 valence electrons. The molecule has 0 spiro atoms. The van der Waals surface area contributed by atoms with Crippen LogP contribution in [0.25, 0.3) is 11.1 Å². The highest BCUT2D eigenvalue weighted by Gasteiger charge is 2.36. The van der Waals surface area contributed by atoms with Crippen LogP contribution in [0.5, 0.6) is 0 Å². The molecule has 1 aliphatic heterocycles. The summed E-state index contributed by atoms with van der Waals surface area (Å²) in [5, 5.41) is 9.42. The molecule has 0 bridgehead atoms. The van der Waals surface area contributed by atoms with Gasteiger partial charge in [-0.3, -0.25) is 9.59 Å². The van der Waals surface area contributed by atoms with E-state index in [2.05, 4.69) is 15.7 Å². The number of carbonyl (C=O) groups excluding carboxylic acids is 2. The molecule has 2 amide bonds. The van der Waals surface area contributed by atoms with Gasteiger partial charge in [-0.05, 0) is 42.8 Å². The molecule has 0 saturated heterocycles. The Balaban J connectivity index is 1.55. The molecule has 1 aromatic heterocycles. The molecule has 4 rings (SSSR count). The smallest absolute Gasteiger partial charge is 0.326 e. The van der Waals surface area contributed by atoms with Gasteiger partial charge in [0, 0.05) is 11.3 Å². The van der Waals surface area contributed by atoms with E-state index in [9.17, 15) is 27.2 Å². The molecule has 0 aliphatic carbocycles. The van der Waals surface area contributed by atoms with Crippen molar-refractivity contribution in [3.8, 4) is 11.1 Å². The maximum Gasteiger partial charge on any atom is 0.416 e. The van der Waals surface area contributed by atoms with Gasteiger partial charge in [-0.2, -0.15) is 18.3 Å². The highest BCUT2D eigenvalue weighted by atomic mass is 19.4. The first kappa shape index (κ1) is 20.6. The minimum absolute atomic E-state index is 0.0258. The summed E-state index contributed by atoms with van der Waals surface area (Å²) >= 11 is 0. The Morgan fingerprint density at radius 3 is 2.58 bits per heavy atom. The number of carbonyl (C=O) groups is 2. The molecule has 1 atom stereocenters. The largest absolute Gasteiger partial charge is 0.416 e. The number of rotatable bonds is 4. The molecule has 0 saturated carbocycles. The Hall–Kier alpha value is -3.69. The van der Waals surface area contributed by atoms with Crippen molar-refractivity contribution in [2.75, 3.05) is 10.6 Å². The van der Waals surface area contributed by atoms with Crippen molar-refractivity contribution in [2.24, 2.45) is 0 Å². The Bertz CT molecular complexity index is 1170. The second kappa shape index (κ2) is 7.53. The third-order valence-corrected chi connectivity index (χ3v) is 4.91. The van der Waals surface area contributed by atoms with Gasteiger partial charge in [0.25, 0.3) is 5.91 Å². The first-order valence-electron chi connectivity index (χ1n) is 9.26. The fourth-order valence-corrected chi connectivity index (χ4v) is 3.51. The Labute approximate surface area is 173 Å². The number of benzene rings is 2. The number of nitrogens with one attached hydrogen (secondary N) is 2. The molecular weight excluding hydrogens is 416 g/mol. The van der Waals surface area contributed by atoms with Crippen LogP contribution in [0, 0.1) is 12.7 Å². The van der Waals surface area contributed by atoms with E-state index in [0.29, 0.717) is 22.6 Å². The summed E-state index contributed by atoms with van der Waals surface area (Å²) < 4.78 is 53.2. The third kappa shape index (κ3) is 4.00. The number of hydrogen-bond acceptors (Lipinski definition) is 3. The van der Waals surface area contributed by atoms with Gasteiger partial charge >= 0.3 is 6.18 Å². The van der Waals surface area contributed by atoms with Crippen LogP contribution in [0.2, 0.25) is 0 Å². The predicted octanol–water partition coefficient (Wildman–Crippen LogP) is 4.54. The topological polar surface area (TPSA) is 76.0 Å². The van der Waals surface area contributed by atoms with Crippen molar-refractivity contribution in [1.82, 2.24) is 9.78 Å². The van der Waals surface area contributed by atoms with E-state index in [1.807, 2.05) is 0 Å². The van der Waals surface area contributed by atoms with Crippen molar-refractivity contribution in [3.05, 3.63) is 65.6 Å². The second-order valence-electron chi connectivity index (χ2n) is 7.10. The number of amides is 2. The summed E-state index contributed by atoms with van der Waals surface area (Å²) in [5.41, 5.74) is 0.911. The van der Waals surface area contributed by atoms with Crippen LogP contribution in [0.1, 0.15) is 23.7 Å². The highest BCUT2D eigenvalue weighted by Crippen LogP contribution is 2.38. The van der Waals surface area contributed by atoms with Gasteiger partial charge in [-0.25, -0.2) is 9.07 Å². The minimum atomic E-state index is -4.54. The molecular formula is C21H16F4N4O2. The van der Waals surface area contributed by atoms with Crippen LogP contribution >= 0.6 is 0 Å². The van der Waals surface area contributed by atoms with E-state index in [0.717, 1.165) is 12.1 Å². The summed E-state index contributed by atoms with van der Waals surface area (Å²) in [6.45, 7) is 1.72. The lowest BCUT2D eigenvalue weighted by Gasteiger charge is -2.12. The molecule has 3 aromatic rings. The number of aromatic nitrogens is 2. The molecule has 0 fully saturated rings. The van der Waals surface area contributed by atoms with Crippen molar-refractivity contribution >= 4 is 23.3 Å². The molecule has 6 nitrogen and oxygen atoms in total. The second-order valence-corrected chi connectivity index (χ2v) is 7.10. The molecule has 1 aliphatic rings. The monoisotopic (exact) mass is 432 g/mol. The summed E-state index contributed by atoms with van der Waals surface area (Å²) in [5.74, 6) is -1.13. The SMILES string of the molecule is Cc1nn2c(c1-c1ccc(F)cc1)NC(=O)C2CC(=O)Nc1cccc(C(F)(F)F)c1. The maximum absolute atomic E-state index is 13.2. The summed E-state index contributed by atoms with van der Waals surface area (Å²) in [7, 11) is 0. The Kier molecular flexibility index (Phi) is 5.00. The molecule has 2 heterocycles. The van der Waals surface area contributed by atoms with Crippen molar-refractivity contribution in [3.63, 3.8) is 0 Å². The van der Waals surface area contributed by atoms with Gasteiger partial charge in [0.1, 0.15) is 17.7 Å². The summed E-state index contributed by atoms with van der Waals surface area (Å²) in [6.07, 6.45) is -4.86.